The average molecular weight is 367 g/mol. The number of rotatable bonds is 2. The Bertz CT molecular complexity index is 897. The Kier molecular flexibility index (Phi) is 4.60. The topological polar surface area (TPSA) is 82.5 Å². The highest BCUT2D eigenvalue weighted by atomic mass is 16.3. The van der Waals surface area contributed by atoms with E-state index < -0.39 is 6.10 Å². The summed E-state index contributed by atoms with van der Waals surface area (Å²) in [6.45, 7) is 4.76. The zero-order valence-electron chi connectivity index (χ0n) is 15.7. The van der Waals surface area contributed by atoms with E-state index in [9.17, 15) is 14.7 Å². The van der Waals surface area contributed by atoms with Crippen LogP contribution in [0.25, 0.3) is 10.9 Å². The summed E-state index contributed by atoms with van der Waals surface area (Å²) in [6, 6.07) is 9.37. The number of aliphatic hydroxyl groups excluding tert-OH is 1. The van der Waals surface area contributed by atoms with Gasteiger partial charge >= 0.3 is 0 Å². The molecule has 4 atom stereocenters. The first-order valence-electron chi connectivity index (χ1n) is 9.52. The van der Waals surface area contributed by atoms with Gasteiger partial charge < -0.3 is 15.3 Å². The number of carbonyl (C=O) groups excluding carboxylic acids is 2. The van der Waals surface area contributed by atoms with Gasteiger partial charge in [0.15, 0.2) is 0 Å². The van der Waals surface area contributed by atoms with Crippen LogP contribution in [0.2, 0.25) is 0 Å². The van der Waals surface area contributed by atoms with Gasteiger partial charge in [-0.25, -0.2) is 0 Å². The number of fused-ring (bicyclic) bond motifs is 2. The number of aliphatic hydroxyl groups is 1. The second-order valence-corrected chi connectivity index (χ2v) is 7.94. The molecule has 2 aromatic rings. The summed E-state index contributed by atoms with van der Waals surface area (Å²) in [7, 11) is 0. The monoisotopic (exact) mass is 367 g/mol. The molecule has 0 radical (unpaired) electrons. The molecule has 6 nitrogen and oxygen atoms in total. The first-order chi connectivity index (χ1) is 12.9. The number of carbonyl (C=O) groups is 2. The minimum Gasteiger partial charge on any atom is -0.391 e. The number of hydrogen-bond donors (Lipinski definition) is 2. The molecule has 1 aromatic carbocycles. The number of hydrogen-bond acceptors (Lipinski definition) is 4. The summed E-state index contributed by atoms with van der Waals surface area (Å²) in [5.41, 5.74) is 2.52. The number of nitrogens with one attached hydrogen (secondary N) is 1. The fourth-order valence-corrected chi connectivity index (χ4v) is 4.56. The summed E-state index contributed by atoms with van der Waals surface area (Å²) < 4.78 is 0. The zero-order chi connectivity index (χ0) is 19.1. The van der Waals surface area contributed by atoms with E-state index in [4.69, 9.17) is 0 Å². The number of benzene rings is 1. The van der Waals surface area contributed by atoms with Crippen molar-refractivity contribution in [1.82, 2.24) is 15.2 Å². The summed E-state index contributed by atoms with van der Waals surface area (Å²) >= 11 is 0. The molecule has 1 aliphatic heterocycles. The highest BCUT2D eigenvalue weighted by molar-refractivity contribution is 5.98. The second kappa shape index (κ2) is 6.93. The third-order valence-electron chi connectivity index (χ3n) is 5.89. The molecule has 2 amide bonds. The van der Waals surface area contributed by atoms with E-state index in [0.29, 0.717) is 36.9 Å². The average Bonchev–Trinajstić information content (AvgIpc) is 3.03. The predicted molar refractivity (Wildman–Crippen MR) is 102 cm³/mol. The van der Waals surface area contributed by atoms with Crippen LogP contribution >= 0.6 is 0 Å². The van der Waals surface area contributed by atoms with Crippen LogP contribution in [-0.2, 0) is 4.79 Å². The second-order valence-electron chi connectivity index (χ2n) is 7.94. The normalized spacial score (nSPS) is 27.4. The lowest BCUT2D eigenvalue weighted by Gasteiger charge is -2.35. The standard InChI is InChI=1S/C21H25N3O3/c1-12-3-4-14-7-15(5-6-18(14)22-12)21(27)24-10-16-8-19(23-13(2)25)20(26)9-17(16)11-24/h3-7,16-17,19-20,26H,8-11H2,1-2H3,(H,23,25)/t16-,17+,19-,20-/m1/s1. The van der Waals surface area contributed by atoms with Crippen molar-refractivity contribution in [3.63, 3.8) is 0 Å². The molecule has 2 aliphatic rings. The first kappa shape index (κ1) is 17.9. The molecule has 1 aliphatic carbocycles. The molecular weight excluding hydrogens is 342 g/mol. The van der Waals surface area contributed by atoms with Gasteiger partial charge in [0.2, 0.25) is 5.91 Å². The van der Waals surface area contributed by atoms with Gasteiger partial charge in [-0.05, 0) is 55.9 Å². The Morgan fingerprint density at radius 2 is 1.89 bits per heavy atom. The maximum absolute atomic E-state index is 13.0. The van der Waals surface area contributed by atoms with Crippen molar-refractivity contribution >= 4 is 22.7 Å². The van der Waals surface area contributed by atoms with Gasteiger partial charge in [-0.3, -0.25) is 14.6 Å². The minimum atomic E-state index is -0.541. The van der Waals surface area contributed by atoms with Crippen LogP contribution in [0.3, 0.4) is 0 Å². The van der Waals surface area contributed by atoms with Crippen molar-refractivity contribution in [3.8, 4) is 0 Å². The number of amides is 2. The largest absolute Gasteiger partial charge is 0.391 e. The number of aryl methyl sites for hydroxylation is 1. The van der Waals surface area contributed by atoms with Gasteiger partial charge in [-0.1, -0.05) is 6.07 Å². The zero-order valence-corrected chi connectivity index (χ0v) is 15.7. The summed E-state index contributed by atoms with van der Waals surface area (Å²) in [4.78, 5) is 30.7. The van der Waals surface area contributed by atoms with Crippen molar-refractivity contribution in [2.75, 3.05) is 13.1 Å². The van der Waals surface area contributed by atoms with E-state index in [0.717, 1.165) is 23.0 Å². The number of nitrogens with zero attached hydrogens (tertiary/aromatic N) is 2. The van der Waals surface area contributed by atoms with Crippen LogP contribution in [0.1, 0.15) is 35.8 Å². The molecule has 2 fully saturated rings. The molecule has 4 rings (SSSR count). The molecular formula is C21H25N3O3. The van der Waals surface area contributed by atoms with E-state index in [2.05, 4.69) is 10.3 Å². The van der Waals surface area contributed by atoms with Crippen LogP contribution in [0, 0.1) is 18.8 Å². The summed E-state index contributed by atoms with van der Waals surface area (Å²) in [5, 5.41) is 14.1. The smallest absolute Gasteiger partial charge is 0.253 e. The van der Waals surface area contributed by atoms with Crippen molar-refractivity contribution in [2.24, 2.45) is 11.8 Å². The van der Waals surface area contributed by atoms with Gasteiger partial charge in [-0.15, -0.1) is 0 Å². The van der Waals surface area contributed by atoms with E-state index in [-0.39, 0.29) is 17.9 Å². The maximum atomic E-state index is 13.0. The Hall–Kier alpha value is -2.47. The van der Waals surface area contributed by atoms with Crippen molar-refractivity contribution < 1.29 is 14.7 Å². The Balaban J connectivity index is 1.49. The SMILES string of the molecule is CC(=O)N[C@@H]1C[C@@H]2CN(C(=O)c3ccc4nc(C)ccc4c3)C[C@@H]2C[C@H]1O. The van der Waals surface area contributed by atoms with Crippen LogP contribution in [0.4, 0.5) is 0 Å². The van der Waals surface area contributed by atoms with E-state index in [1.54, 1.807) is 0 Å². The number of aromatic nitrogens is 1. The summed E-state index contributed by atoms with van der Waals surface area (Å²) in [5.74, 6) is 0.513. The van der Waals surface area contributed by atoms with Gasteiger partial charge in [0, 0.05) is 36.7 Å². The van der Waals surface area contributed by atoms with E-state index in [1.165, 1.54) is 6.92 Å². The highest BCUT2D eigenvalue weighted by Gasteiger charge is 2.43. The summed E-state index contributed by atoms with van der Waals surface area (Å²) in [6.07, 6.45) is 0.802. The van der Waals surface area contributed by atoms with Gasteiger partial charge in [0.25, 0.3) is 5.91 Å². The lowest BCUT2D eigenvalue weighted by atomic mass is 9.77. The van der Waals surface area contributed by atoms with Crippen molar-refractivity contribution in [3.05, 3.63) is 41.6 Å². The van der Waals surface area contributed by atoms with Crippen LogP contribution in [-0.4, -0.2) is 52.0 Å². The molecule has 0 bridgehead atoms. The Labute approximate surface area is 158 Å². The van der Waals surface area contributed by atoms with Gasteiger partial charge in [0.05, 0.1) is 17.7 Å². The molecule has 0 spiro atoms. The molecule has 6 heteroatoms. The van der Waals surface area contributed by atoms with Gasteiger partial charge in [0.1, 0.15) is 0 Å². The molecule has 1 saturated carbocycles. The third kappa shape index (κ3) is 3.54. The quantitative estimate of drug-likeness (QED) is 0.849. The maximum Gasteiger partial charge on any atom is 0.253 e. The molecule has 142 valence electrons. The van der Waals surface area contributed by atoms with Gasteiger partial charge in [-0.2, -0.15) is 0 Å². The number of pyridine rings is 1. The van der Waals surface area contributed by atoms with Crippen molar-refractivity contribution in [1.29, 1.82) is 0 Å². The molecule has 27 heavy (non-hydrogen) atoms. The van der Waals surface area contributed by atoms with Crippen LogP contribution in [0.15, 0.2) is 30.3 Å². The molecule has 1 saturated heterocycles. The predicted octanol–water partition coefficient (Wildman–Crippen LogP) is 1.89. The lowest BCUT2D eigenvalue weighted by Crippen LogP contribution is -2.48. The Morgan fingerprint density at radius 1 is 1.15 bits per heavy atom. The van der Waals surface area contributed by atoms with E-state index in [1.807, 2.05) is 42.2 Å². The molecule has 2 N–H and O–H groups in total. The lowest BCUT2D eigenvalue weighted by molar-refractivity contribution is -0.121. The number of likely N-dealkylation sites (tertiary alicyclic amines) is 1. The molecule has 0 unspecified atom stereocenters. The van der Waals surface area contributed by atoms with E-state index >= 15 is 0 Å². The first-order valence-corrected chi connectivity index (χ1v) is 9.52. The Morgan fingerprint density at radius 3 is 2.63 bits per heavy atom. The van der Waals surface area contributed by atoms with Crippen molar-refractivity contribution in [2.45, 2.75) is 38.8 Å². The highest BCUT2D eigenvalue weighted by Crippen LogP contribution is 2.37. The minimum absolute atomic E-state index is 0.0254. The molecule has 1 aromatic heterocycles. The third-order valence-corrected chi connectivity index (χ3v) is 5.89. The molecule has 2 heterocycles. The van der Waals surface area contributed by atoms with Crippen LogP contribution in [0.5, 0.6) is 0 Å². The fourth-order valence-electron chi connectivity index (χ4n) is 4.56. The fraction of sp³-hybridized carbons (Fsp3) is 0.476. The van der Waals surface area contributed by atoms with Crippen LogP contribution < -0.4 is 5.32 Å².